The van der Waals surface area contributed by atoms with E-state index in [9.17, 15) is 5.11 Å². The van der Waals surface area contributed by atoms with Crippen LogP contribution in [0.25, 0.3) is 0 Å². The summed E-state index contributed by atoms with van der Waals surface area (Å²) in [6.07, 6.45) is 10.2. The molecule has 1 rings (SSSR count). The fraction of sp³-hybridized carbons (Fsp3) is 0.600. The molecule has 0 aromatic rings. The Hall–Kier alpha value is -0.720. The highest BCUT2D eigenvalue weighted by molar-refractivity contribution is 5.21. The fourth-order valence-corrected chi connectivity index (χ4v) is 1.36. The van der Waals surface area contributed by atoms with Crippen LogP contribution in [0, 0.1) is 0 Å². The van der Waals surface area contributed by atoms with Crippen molar-refractivity contribution in [3.8, 4) is 0 Å². The molecule has 1 N–H and O–H groups in total. The summed E-state index contributed by atoms with van der Waals surface area (Å²) in [6, 6.07) is 0. The number of aliphatic hydroxyl groups excluding tert-OH is 1. The van der Waals surface area contributed by atoms with Crippen molar-refractivity contribution in [1.82, 2.24) is 0 Å². The molecule has 0 aromatic heterocycles. The molecule has 1 aliphatic rings. The Morgan fingerprint density at radius 3 is 2.91 bits per heavy atom. The molecule has 0 saturated heterocycles. The van der Waals surface area contributed by atoms with Gasteiger partial charge in [-0.1, -0.05) is 18.6 Å². The quantitative estimate of drug-likeness (QED) is 0.528. The molecule has 1 aliphatic carbocycles. The van der Waals surface area contributed by atoms with Crippen molar-refractivity contribution >= 4 is 0 Å². The van der Waals surface area contributed by atoms with E-state index < -0.39 is 0 Å². The Balaban J connectivity index is 2.63. The molecule has 0 unspecified atom stereocenters. The zero-order chi connectivity index (χ0) is 8.10. The molecule has 0 heterocycles. The first-order valence-electron chi connectivity index (χ1n) is 4.36. The Morgan fingerprint density at radius 1 is 1.36 bits per heavy atom. The van der Waals surface area contributed by atoms with Crippen LogP contribution in [0.5, 0.6) is 0 Å². The third-order valence-corrected chi connectivity index (χ3v) is 2.10. The third-order valence-electron chi connectivity index (χ3n) is 2.10. The van der Waals surface area contributed by atoms with Crippen LogP contribution in [-0.4, -0.2) is 5.11 Å². The lowest BCUT2D eigenvalue weighted by Crippen LogP contribution is -1.89. The number of aliphatic hydroxyl groups is 1. The molecule has 62 valence electrons. The number of rotatable bonds is 0. The maximum atomic E-state index is 9.22. The van der Waals surface area contributed by atoms with E-state index in [1.807, 2.05) is 0 Å². The molecular formula is C10H16O. The summed E-state index contributed by atoms with van der Waals surface area (Å²) in [5.41, 5.74) is 1.12. The van der Waals surface area contributed by atoms with Gasteiger partial charge in [-0.15, -0.1) is 0 Å². The molecule has 0 amide bonds. The Labute approximate surface area is 68.4 Å². The van der Waals surface area contributed by atoms with Gasteiger partial charge in [0, 0.05) is 0 Å². The van der Waals surface area contributed by atoms with E-state index in [1.54, 1.807) is 6.92 Å². The zero-order valence-electron chi connectivity index (χ0n) is 7.14. The molecule has 0 fully saturated rings. The van der Waals surface area contributed by atoms with Crippen LogP contribution in [0.4, 0.5) is 0 Å². The molecule has 1 heteroatoms. The van der Waals surface area contributed by atoms with Gasteiger partial charge in [-0.3, -0.25) is 0 Å². The monoisotopic (exact) mass is 152 g/mol. The van der Waals surface area contributed by atoms with Crippen LogP contribution < -0.4 is 0 Å². The summed E-state index contributed by atoms with van der Waals surface area (Å²) in [5.74, 6) is 0.489. The van der Waals surface area contributed by atoms with Gasteiger partial charge in [-0.25, -0.2) is 0 Å². The first-order valence-corrected chi connectivity index (χ1v) is 4.36. The summed E-state index contributed by atoms with van der Waals surface area (Å²) in [4.78, 5) is 0. The molecule has 0 aromatic carbocycles. The predicted octanol–water partition coefficient (Wildman–Crippen LogP) is 3.34. The lowest BCUT2D eigenvalue weighted by molar-refractivity contribution is 0.405. The Bertz CT molecular complexity index is 173. The minimum Gasteiger partial charge on any atom is -0.512 e. The normalized spacial score (nSPS) is 24.1. The van der Waals surface area contributed by atoms with Crippen molar-refractivity contribution in [2.75, 3.05) is 0 Å². The average Bonchev–Trinajstić information content (AvgIpc) is 1.84. The smallest absolute Gasteiger partial charge is 0.0923 e. The fourth-order valence-electron chi connectivity index (χ4n) is 1.36. The van der Waals surface area contributed by atoms with Crippen molar-refractivity contribution < 1.29 is 5.11 Å². The highest BCUT2D eigenvalue weighted by Crippen LogP contribution is 2.17. The lowest BCUT2D eigenvalue weighted by Gasteiger charge is -2.06. The summed E-state index contributed by atoms with van der Waals surface area (Å²) in [6.45, 7) is 1.77. The zero-order valence-corrected chi connectivity index (χ0v) is 7.14. The minimum atomic E-state index is 0.489. The van der Waals surface area contributed by atoms with E-state index in [1.165, 1.54) is 19.3 Å². The van der Waals surface area contributed by atoms with Gasteiger partial charge in [0.1, 0.15) is 0 Å². The van der Waals surface area contributed by atoms with Gasteiger partial charge in [0.2, 0.25) is 0 Å². The topological polar surface area (TPSA) is 20.2 Å². The van der Waals surface area contributed by atoms with E-state index >= 15 is 0 Å². The van der Waals surface area contributed by atoms with Crippen molar-refractivity contribution in [2.24, 2.45) is 0 Å². The van der Waals surface area contributed by atoms with E-state index in [0.29, 0.717) is 5.76 Å². The molecule has 11 heavy (non-hydrogen) atoms. The SMILES string of the molecule is CC(O)=C1C=CCCCCC1. The van der Waals surface area contributed by atoms with Gasteiger partial charge >= 0.3 is 0 Å². The van der Waals surface area contributed by atoms with Crippen LogP contribution in [0.1, 0.15) is 39.0 Å². The van der Waals surface area contributed by atoms with Gasteiger partial charge < -0.3 is 5.11 Å². The average molecular weight is 152 g/mol. The third kappa shape index (κ3) is 2.79. The highest BCUT2D eigenvalue weighted by Gasteiger charge is 2.00. The van der Waals surface area contributed by atoms with E-state index in [0.717, 1.165) is 18.4 Å². The summed E-state index contributed by atoms with van der Waals surface area (Å²) in [5, 5.41) is 9.22. The second-order valence-electron chi connectivity index (χ2n) is 3.11. The maximum Gasteiger partial charge on any atom is 0.0923 e. The highest BCUT2D eigenvalue weighted by atomic mass is 16.3. The first kappa shape index (κ1) is 8.38. The predicted molar refractivity (Wildman–Crippen MR) is 47.6 cm³/mol. The van der Waals surface area contributed by atoms with Gasteiger partial charge in [-0.05, 0) is 38.2 Å². The molecule has 0 saturated carbocycles. The van der Waals surface area contributed by atoms with Crippen molar-refractivity contribution in [3.05, 3.63) is 23.5 Å². The first-order chi connectivity index (χ1) is 5.30. The van der Waals surface area contributed by atoms with E-state index in [-0.39, 0.29) is 0 Å². The Morgan fingerprint density at radius 2 is 2.18 bits per heavy atom. The standard InChI is InChI=1S/C10H16O/c1-9(11)10-7-5-3-2-4-6-8-10/h5,7,11H,2-4,6,8H2,1H3. The van der Waals surface area contributed by atoms with Crippen LogP contribution in [0.15, 0.2) is 23.5 Å². The largest absolute Gasteiger partial charge is 0.512 e. The molecular weight excluding hydrogens is 136 g/mol. The minimum absolute atomic E-state index is 0.489. The van der Waals surface area contributed by atoms with Gasteiger partial charge in [0.05, 0.1) is 5.76 Å². The van der Waals surface area contributed by atoms with Crippen LogP contribution >= 0.6 is 0 Å². The van der Waals surface area contributed by atoms with E-state index in [4.69, 9.17) is 0 Å². The van der Waals surface area contributed by atoms with Crippen molar-refractivity contribution in [3.63, 3.8) is 0 Å². The number of hydrogen-bond donors (Lipinski definition) is 1. The second-order valence-corrected chi connectivity index (χ2v) is 3.11. The molecule has 0 spiro atoms. The molecule has 1 nitrogen and oxygen atoms in total. The molecule has 0 aliphatic heterocycles. The van der Waals surface area contributed by atoms with Gasteiger partial charge in [-0.2, -0.15) is 0 Å². The summed E-state index contributed by atoms with van der Waals surface area (Å²) < 4.78 is 0. The van der Waals surface area contributed by atoms with Crippen LogP contribution in [-0.2, 0) is 0 Å². The van der Waals surface area contributed by atoms with Gasteiger partial charge in [0.15, 0.2) is 0 Å². The number of allylic oxidation sites excluding steroid dienone is 4. The summed E-state index contributed by atoms with van der Waals surface area (Å²) >= 11 is 0. The van der Waals surface area contributed by atoms with Gasteiger partial charge in [0.25, 0.3) is 0 Å². The molecule has 0 atom stereocenters. The van der Waals surface area contributed by atoms with Crippen LogP contribution in [0.3, 0.4) is 0 Å². The van der Waals surface area contributed by atoms with Crippen molar-refractivity contribution in [2.45, 2.75) is 39.0 Å². The molecule has 0 radical (unpaired) electrons. The molecule has 0 bridgehead atoms. The van der Waals surface area contributed by atoms with Crippen LogP contribution in [0.2, 0.25) is 0 Å². The van der Waals surface area contributed by atoms with Crippen molar-refractivity contribution in [1.29, 1.82) is 0 Å². The Kier molecular flexibility index (Phi) is 3.21. The number of hydrogen-bond acceptors (Lipinski definition) is 1. The lowest BCUT2D eigenvalue weighted by atomic mass is 10.0. The maximum absolute atomic E-state index is 9.22. The second kappa shape index (κ2) is 4.22. The summed E-state index contributed by atoms with van der Waals surface area (Å²) in [7, 11) is 0. The van der Waals surface area contributed by atoms with E-state index in [2.05, 4.69) is 12.2 Å².